The van der Waals surface area contributed by atoms with Crippen LogP contribution in [0.3, 0.4) is 0 Å². The summed E-state index contributed by atoms with van der Waals surface area (Å²) in [6.07, 6.45) is 2.99. The topological polar surface area (TPSA) is 105 Å². The molecule has 2 saturated carbocycles. The summed E-state index contributed by atoms with van der Waals surface area (Å²) >= 11 is 0. The van der Waals surface area contributed by atoms with Gasteiger partial charge in [0, 0.05) is 24.5 Å². The van der Waals surface area contributed by atoms with Crippen LogP contribution in [0.4, 0.5) is 5.69 Å². The Labute approximate surface area is 175 Å². The summed E-state index contributed by atoms with van der Waals surface area (Å²) in [6.45, 7) is 4.41. The van der Waals surface area contributed by atoms with Crippen molar-refractivity contribution in [1.29, 1.82) is 0 Å². The maximum Gasteiger partial charge on any atom is 0.276 e. The third-order valence-corrected chi connectivity index (χ3v) is 8.73. The first-order chi connectivity index (χ1) is 14.3. The van der Waals surface area contributed by atoms with Gasteiger partial charge in [-0.3, -0.25) is 9.48 Å². The van der Waals surface area contributed by atoms with E-state index in [1.165, 1.54) is 16.4 Å². The zero-order chi connectivity index (χ0) is 21.2. The molecule has 1 aromatic carbocycles. The van der Waals surface area contributed by atoms with Gasteiger partial charge in [0.15, 0.2) is 5.69 Å². The molecule has 0 unspecified atom stereocenters. The van der Waals surface area contributed by atoms with E-state index in [4.69, 9.17) is 0 Å². The number of hydrogen-bond donors (Lipinski definition) is 2. The number of aromatic nitrogens is 2. The summed E-state index contributed by atoms with van der Waals surface area (Å²) in [5, 5.41) is 17.5. The van der Waals surface area contributed by atoms with Gasteiger partial charge in [0.25, 0.3) is 5.91 Å². The van der Waals surface area contributed by atoms with E-state index < -0.39 is 22.0 Å². The maximum absolute atomic E-state index is 13.4. The van der Waals surface area contributed by atoms with Gasteiger partial charge in [-0.25, -0.2) is 8.42 Å². The number of benzene rings is 1. The molecule has 5 atom stereocenters. The Morgan fingerprint density at radius 1 is 1.23 bits per heavy atom. The molecule has 3 aliphatic rings. The van der Waals surface area contributed by atoms with Crippen molar-refractivity contribution in [3.8, 4) is 0 Å². The summed E-state index contributed by atoms with van der Waals surface area (Å²) in [7, 11) is -3.76. The Bertz CT molecular complexity index is 1090. The van der Waals surface area contributed by atoms with Crippen molar-refractivity contribution >= 4 is 21.6 Å². The van der Waals surface area contributed by atoms with Crippen LogP contribution in [0.1, 0.15) is 43.2 Å². The van der Waals surface area contributed by atoms with Crippen LogP contribution in [-0.4, -0.2) is 52.2 Å². The van der Waals surface area contributed by atoms with Gasteiger partial charge in [0.2, 0.25) is 10.0 Å². The van der Waals surface area contributed by atoms with Crippen LogP contribution in [0.5, 0.6) is 0 Å². The second-order valence-electron chi connectivity index (χ2n) is 8.97. The third kappa shape index (κ3) is 2.99. The van der Waals surface area contributed by atoms with Gasteiger partial charge < -0.3 is 10.4 Å². The molecule has 2 N–H and O–H groups in total. The van der Waals surface area contributed by atoms with E-state index in [2.05, 4.69) is 10.4 Å². The molecule has 1 amide bonds. The van der Waals surface area contributed by atoms with Crippen molar-refractivity contribution in [2.75, 3.05) is 11.9 Å². The Kier molecular flexibility index (Phi) is 4.53. The van der Waals surface area contributed by atoms with Crippen LogP contribution in [-0.2, 0) is 10.0 Å². The summed E-state index contributed by atoms with van der Waals surface area (Å²) < 4.78 is 29.9. The number of nitrogens with zero attached hydrogens (tertiary/aromatic N) is 3. The molecule has 9 heteroatoms. The highest BCUT2D eigenvalue weighted by molar-refractivity contribution is 7.89. The molecule has 30 heavy (non-hydrogen) atoms. The molecular formula is C21H26N4O4S. The Balaban J connectivity index is 1.37. The quantitative estimate of drug-likeness (QED) is 0.756. The Morgan fingerprint density at radius 2 is 2.03 bits per heavy atom. The van der Waals surface area contributed by atoms with Crippen LogP contribution >= 0.6 is 0 Å². The fourth-order valence-electron chi connectivity index (χ4n) is 5.45. The lowest BCUT2D eigenvalue weighted by molar-refractivity contribution is 0.0731. The van der Waals surface area contributed by atoms with Crippen molar-refractivity contribution in [2.45, 2.75) is 49.8 Å². The number of aliphatic hydroxyl groups is 1. The summed E-state index contributed by atoms with van der Waals surface area (Å²) in [5.41, 5.74) is 0.667. The van der Waals surface area contributed by atoms with Crippen LogP contribution < -0.4 is 5.32 Å². The second kappa shape index (κ2) is 6.90. The average molecular weight is 431 g/mol. The van der Waals surface area contributed by atoms with E-state index in [-0.39, 0.29) is 34.5 Å². The predicted octanol–water partition coefficient (Wildman–Crippen LogP) is 2.11. The lowest BCUT2D eigenvalue weighted by atomic mass is 9.88. The van der Waals surface area contributed by atoms with Gasteiger partial charge in [-0.15, -0.1) is 0 Å². The van der Waals surface area contributed by atoms with E-state index in [9.17, 15) is 18.3 Å². The molecule has 1 aliphatic heterocycles. The van der Waals surface area contributed by atoms with E-state index in [0.717, 1.165) is 12.8 Å². The largest absolute Gasteiger partial charge is 0.391 e. The zero-order valence-electron chi connectivity index (χ0n) is 17.0. The van der Waals surface area contributed by atoms with Crippen molar-refractivity contribution in [3.05, 3.63) is 42.2 Å². The molecule has 1 saturated heterocycles. The minimum atomic E-state index is -3.76. The molecule has 2 heterocycles. The monoisotopic (exact) mass is 430 g/mol. The molecule has 3 fully saturated rings. The first-order valence-corrected chi connectivity index (χ1v) is 11.9. The van der Waals surface area contributed by atoms with Crippen LogP contribution in [0, 0.1) is 17.8 Å². The minimum absolute atomic E-state index is 0.130. The standard InChI is InChI=1S/C21H26N4O4S/c1-12(2)24-7-6-18(23-24)21(27)22-15-4-3-5-16(10-15)30(28,29)25-11-14-8-13-9-17(14)19(25)20(13)26/h3-7,10,12-14,17,19-20,26H,8-9,11H2,1-2H3,(H,22,27)/t13-,14-,17+,19-,20-/m0/s1. The van der Waals surface area contributed by atoms with Crippen molar-refractivity contribution in [3.63, 3.8) is 0 Å². The van der Waals surface area contributed by atoms with E-state index in [1.807, 2.05) is 13.8 Å². The fourth-order valence-corrected chi connectivity index (χ4v) is 7.23. The lowest BCUT2D eigenvalue weighted by Crippen LogP contribution is -2.43. The number of carbonyl (C=O) groups is 1. The maximum atomic E-state index is 13.4. The van der Waals surface area contributed by atoms with Gasteiger partial charge in [0.05, 0.1) is 17.0 Å². The van der Waals surface area contributed by atoms with E-state index in [1.54, 1.807) is 29.1 Å². The second-order valence-corrected chi connectivity index (χ2v) is 10.9. The van der Waals surface area contributed by atoms with Crippen LogP contribution in [0.25, 0.3) is 0 Å². The van der Waals surface area contributed by atoms with Crippen molar-refractivity contribution in [1.82, 2.24) is 14.1 Å². The highest BCUT2D eigenvalue weighted by Crippen LogP contribution is 2.56. The van der Waals surface area contributed by atoms with E-state index >= 15 is 0 Å². The van der Waals surface area contributed by atoms with Gasteiger partial charge >= 0.3 is 0 Å². The summed E-state index contributed by atoms with van der Waals surface area (Å²) in [6, 6.07) is 7.74. The van der Waals surface area contributed by atoms with Gasteiger partial charge in [-0.2, -0.15) is 9.40 Å². The number of sulfonamides is 1. The Hall–Kier alpha value is -2.23. The SMILES string of the molecule is CC(C)n1ccc(C(=O)Nc2cccc(S(=O)(=O)N3C[C@@H]4C[C@H]5C[C@H]4[C@H]3[C@H]5O)c2)n1. The number of amides is 1. The normalized spacial score (nSPS) is 30.3. The van der Waals surface area contributed by atoms with Gasteiger partial charge in [-0.05, 0) is 68.7 Å². The predicted molar refractivity (Wildman–Crippen MR) is 110 cm³/mol. The van der Waals surface area contributed by atoms with Gasteiger partial charge in [0.1, 0.15) is 0 Å². The first-order valence-electron chi connectivity index (χ1n) is 10.4. The smallest absolute Gasteiger partial charge is 0.276 e. The zero-order valence-corrected chi connectivity index (χ0v) is 17.8. The van der Waals surface area contributed by atoms with Crippen molar-refractivity contribution in [2.24, 2.45) is 17.8 Å². The highest BCUT2D eigenvalue weighted by atomic mass is 32.2. The number of nitrogens with one attached hydrogen (secondary N) is 1. The minimum Gasteiger partial charge on any atom is -0.391 e. The molecule has 2 bridgehead atoms. The number of carbonyl (C=O) groups excluding carboxylic acids is 1. The molecule has 160 valence electrons. The first kappa shape index (κ1) is 19.7. The molecule has 8 nitrogen and oxygen atoms in total. The van der Waals surface area contributed by atoms with Crippen LogP contribution in [0.15, 0.2) is 41.4 Å². The van der Waals surface area contributed by atoms with E-state index in [0.29, 0.717) is 18.2 Å². The third-order valence-electron chi connectivity index (χ3n) is 6.87. The summed E-state index contributed by atoms with van der Waals surface area (Å²) in [4.78, 5) is 12.7. The molecule has 5 rings (SSSR count). The summed E-state index contributed by atoms with van der Waals surface area (Å²) in [5.74, 6) is 0.439. The molecule has 1 aromatic heterocycles. The van der Waals surface area contributed by atoms with Gasteiger partial charge in [-0.1, -0.05) is 6.07 Å². The fraction of sp³-hybridized carbons (Fsp3) is 0.524. The number of anilines is 1. The molecule has 2 aromatic rings. The van der Waals surface area contributed by atoms with Crippen LogP contribution in [0.2, 0.25) is 0 Å². The molecule has 0 radical (unpaired) electrons. The number of hydrogen-bond acceptors (Lipinski definition) is 5. The molecular weight excluding hydrogens is 404 g/mol. The Morgan fingerprint density at radius 3 is 2.73 bits per heavy atom. The number of aliphatic hydroxyl groups excluding tert-OH is 1. The molecule has 2 aliphatic carbocycles. The number of rotatable bonds is 5. The molecule has 0 spiro atoms. The highest BCUT2D eigenvalue weighted by Gasteiger charge is 2.61. The average Bonchev–Trinajstić information content (AvgIpc) is 3.44. The number of fused-ring (bicyclic) bond motifs is 1. The lowest BCUT2D eigenvalue weighted by Gasteiger charge is -2.28. The van der Waals surface area contributed by atoms with Crippen molar-refractivity contribution < 1.29 is 18.3 Å².